The summed E-state index contributed by atoms with van der Waals surface area (Å²) >= 11 is 1.15. The lowest BCUT2D eigenvalue weighted by Crippen LogP contribution is -2.17. The fourth-order valence-electron chi connectivity index (χ4n) is 2.29. The molecule has 0 spiro atoms. The summed E-state index contributed by atoms with van der Waals surface area (Å²) in [6, 6.07) is 0. The molecule has 0 aliphatic carbocycles. The van der Waals surface area contributed by atoms with Crippen LogP contribution in [0.4, 0.5) is 4.39 Å². The van der Waals surface area contributed by atoms with Crippen LogP contribution in [0.15, 0.2) is 12.2 Å². The SMILES string of the molecule is C/C=C(\c1nsnc1/C(=C\CC)C(C)(C)F)C(C)(C)C. The van der Waals surface area contributed by atoms with Crippen LogP contribution < -0.4 is 0 Å². The molecular formula is C16H25FN2S. The smallest absolute Gasteiger partial charge is 0.132 e. The van der Waals surface area contributed by atoms with Gasteiger partial charge in [0.05, 0.1) is 11.7 Å². The molecule has 112 valence electrons. The van der Waals surface area contributed by atoms with E-state index in [0.29, 0.717) is 11.3 Å². The Morgan fingerprint density at radius 2 is 1.60 bits per heavy atom. The lowest BCUT2D eigenvalue weighted by Gasteiger charge is -2.24. The second kappa shape index (κ2) is 6.17. The van der Waals surface area contributed by atoms with Crippen LogP contribution in [0.2, 0.25) is 0 Å². The fraction of sp³-hybridized carbons (Fsp3) is 0.625. The molecule has 0 radical (unpaired) electrons. The number of hydrogen-bond donors (Lipinski definition) is 0. The van der Waals surface area contributed by atoms with Gasteiger partial charge in [0, 0.05) is 5.57 Å². The zero-order chi connectivity index (χ0) is 15.6. The number of hydrogen-bond acceptors (Lipinski definition) is 3. The molecule has 1 aromatic rings. The van der Waals surface area contributed by atoms with Gasteiger partial charge >= 0.3 is 0 Å². The highest BCUT2D eigenvalue weighted by atomic mass is 32.1. The maximum absolute atomic E-state index is 14.5. The summed E-state index contributed by atoms with van der Waals surface area (Å²) in [7, 11) is 0. The third kappa shape index (κ3) is 3.75. The van der Waals surface area contributed by atoms with Gasteiger partial charge in [-0.05, 0) is 38.2 Å². The van der Waals surface area contributed by atoms with E-state index in [-0.39, 0.29) is 5.41 Å². The molecule has 0 N–H and O–H groups in total. The first-order valence-electron chi connectivity index (χ1n) is 7.02. The van der Waals surface area contributed by atoms with Gasteiger partial charge in [-0.1, -0.05) is 39.8 Å². The molecule has 1 heterocycles. The molecule has 1 aromatic heterocycles. The first kappa shape index (κ1) is 17.0. The molecule has 0 saturated heterocycles. The van der Waals surface area contributed by atoms with E-state index in [2.05, 4.69) is 35.6 Å². The van der Waals surface area contributed by atoms with Crippen molar-refractivity contribution in [2.75, 3.05) is 0 Å². The second-order valence-electron chi connectivity index (χ2n) is 6.41. The summed E-state index contributed by atoms with van der Waals surface area (Å²) in [5.41, 5.74) is 1.77. The van der Waals surface area contributed by atoms with E-state index < -0.39 is 5.67 Å². The second-order valence-corrected chi connectivity index (χ2v) is 6.94. The molecular weight excluding hydrogens is 271 g/mol. The average Bonchev–Trinajstić information content (AvgIpc) is 2.72. The van der Waals surface area contributed by atoms with E-state index in [1.165, 1.54) is 0 Å². The van der Waals surface area contributed by atoms with E-state index >= 15 is 0 Å². The Morgan fingerprint density at radius 1 is 1.10 bits per heavy atom. The maximum atomic E-state index is 14.5. The predicted octanol–water partition coefficient (Wildman–Crippen LogP) is 5.53. The van der Waals surface area contributed by atoms with Gasteiger partial charge in [0.1, 0.15) is 17.1 Å². The van der Waals surface area contributed by atoms with Crippen LogP contribution in [-0.4, -0.2) is 14.4 Å². The van der Waals surface area contributed by atoms with Crippen LogP contribution in [0, 0.1) is 5.41 Å². The zero-order valence-corrected chi connectivity index (χ0v) is 14.4. The minimum Gasteiger partial charge on any atom is -0.239 e. The number of allylic oxidation sites excluding steroid dienone is 4. The van der Waals surface area contributed by atoms with E-state index in [0.717, 1.165) is 29.4 Å². The van der Waals surface area contributed by atoms with Gasteiger partial charge in [-0.2, -0.15) is 8.75 Å². The Hall–Kier alpha value is -1.03. The molecule has 0 aliphatic rings. The van der Waals surface area contributed by atoms with E-state index in [9.17, 15) is 4.39 Å². The molecule has 0 atom stereocenters. The zero-order valence-electron chi connectivity index (χ0n) is 13.5. The molecule has 4 heteroatoms. The van der Waals surface area contributed by atoms with Crippen molar-refractivity contribution in [3.05, 3.63) is 23.5 Å². The molecule has 20 heavy (non-hydrogen) atoms. The summed E-state index contributed by atoms with van der Waals surface area (Å²) in [6.45, 7) is 13.5. The monoisotopic (exact) mass is 296 g/mol. The number of aromatic nitrogens is 2. The first-order chi connectivity index (χ1) is 9.12. The molecule has 0 aliphatic heterocycles. The quantitative estimate of drug-likeness (QED) is 0.730. The van der Waals surface area contributed by atoms with Gasteiger partial charge in [0.25, 0.3) is 0 Å². The van der Waals surface area contributed by atoms with Gasteiger partial charge in [-0.3, -0.25) is 0 Å². The molecule has 2 nitrogen and oxygen atoms in total. The fourth-order valence-corrected chi connectivity index (χ4v) is 2.87. The summed E-state index contributed by atoms with van der Waals surface area (Å²) < 4.78 is 23.3. The Balaban J connectivity index is 3.44. The van der Waals surface area contributed by atoms with Gasteiger partial charge in [-0.15, -0.1) is 0 Å². The summed E-state index contributed by atoms with van der Waals surface area (Å²) in [5.74, 6) is 0. The van der Waals surface area contributed by atoms with Crippen molar-refractivity contribution in [1.29, 1.82) is 0 Å². The van der Waals surface area contributed by atoms with Crippen LogP contribution in [0.1, 0.15) is 66.3 Å². The van der Waals surface area contributed by atoms with E-state index in [1.807, 2.05) is 19.9 Å². The molecule has 0 fully saturated rings. The first-order valence-corrected chi connectivity index (χ1v) is 7.75. The Kier molecular flexibility index (Phi) is 5.25. The standard InChI is InChI=1S/C16H25FN2S/c1-8-10-12(16(6,7)17)14-13(18-20-19-14)11(9-2)15(3,4)5/h9-10H,8H2,1-7H3/b11-9+,12-10+. The van der Waals surface area contributed by atoms with Gasteiger partial charge in [0.15, 0.2) is 0 Å². The Bertz CT molecular complexity index is 513. The topological polar surface area (TPSA) is 25.8 Å². The molecule has 0 saturated carbocycles. The summed E-state index contributed by atoms with van der Waals surface area (Å²) in [5, 5.41) is 0. The summed E-state index contributed by atoms with van der Waals surface area (Å²) in [4.78, 5) is 0. The van der Waals surface area contributed by atoms with Crippen LogP contribution in [-0.2, 0) is 0 Å². The molecule has 0 aromatic carbocycles. The number of nitrogens with zero attached hydrogens (tertiary/aromatic N) is 2. The van der Waals surface area contributed by atoms with Crippen molar-refractivity contribution in [2.24, 2.45) is 5.41 Å². The third-order valence-corrected chi connectivity index (χ3v) is 3.67. The number of halogens is 1. The van der Waals surface area contributed by atoms with Crippen molar-refractivity contribution >= 4 is 22.9 Å². The van der Waals surface area contributed by atoms with Crippen molar-refractivity contribution in [1.82, 2.24) is 8.75 Å². The third-order valence-electron chi connectivity index (χ3n) is 3.14. The lowest BCUT2D eigenvalue weighted by molar-refractivity contribution is 0.299. The largest absolute Gasteiger partial charge is 0.239 e. The van der Waals surface area contributed by atoms with Crippen LogP contribution >= 0.6 is 11.7 Å². The minimum absolute atomic E-state index is 0.0446. The van der Waals surface area contributed by atoms with Gasteiger partial charge in [0.2, 0.25) is 0 Å². The predicted molar refractivity (Wildman–Crippen MR) is 86.5 cm³/mol. The van der Waals surface area contributed by atoms with Crippen molar-refractivity contribution in [3.63, 3.8) is 0 Å². The average molecular weight is 296 g/mol. The number of rotatable bonds is 4. The Labute approximate surface area is 126 Å². The molecule has 0 amide bonds. The highest BCUT2D eigenvalue weighted by molar-refractivity contribution is 6.99. The maximum Gasteiger partial charge on any atom is 0.132 e. The van der Waals surface area contributed by atoms with E-state index in [1.54, 1.807) is 13.8 Å². The van der Waals surface area contributed by atoms with Crippen molar-refractivity contribution in [3.8, 4) is 0 Å². The van der Waals surface area contributed by atoms with Crippen molar-refractivity contribution in [2.45, 2.75) is 60.6 Å². The number of alkyl halides is 1. The van der Waals surface area contributed by atoms with Gasteiger partial charge in [-0.25, -0.2) is 4.39 Å². The highest BCUT2D eigenvalue weighted by Crippen LogP contribution is 2.39. The van der Waals surface area contributed by atoms with Crippen LogP contribution in [0.3, 0.4) is 0 Å². The highest BCUT2D eigenvalue weighted by Gasteiger charge is 2.31. The lowest BCUT2D eigenvalue weighted by atomic mass is 9.82. The van der Waals surface area contributed by atoms with Crippen LogP contribution in [0.25, 0.3) is 11.1 Å². The normalized spacial score (nSPS) is 14.8. The molecule has 0 unspecified atom stereocenters. The molecule has 1 rings (SSSR count). The summed E-state index contributed by atoms with van der Waals surface area (Å²) in [6.07, 6.45) is 4.74. The van der Waals surface area contributed by atoms with Crippen LogP contribution in [0.5, 0.6) is 0 Å². The minimum atomic E-state index is -1.42. The van der Waals surface area contributed by atoms with E-state index in [4.69, 9.17) is 0 Å². The Morgan fingerprint density at radius 3 is 1.95 bits per heavy atom. The molecule has 0 bridgehead atoms. The van der Waals surface area contributed by atoms with Crippen molar-refractivity contribution < 1.29 is 4.39 Å². The van der Waals surface area contributed by atoms with Gasteiger partial charge < -0.3 is 0 Å².